The van der Waals surface area contributed by atoms with Gasteiger partial charge in [-0.15, -0.1) is 0 Å². The van der Waals surface area contributed by atoms with Gasteiger partial charge in [0, 0.05) is 13.6 Å². The first-order chi connectivity index (χ1) is 8.50. The van der Waals surface area contributed by atoms with Crippen LogP contribution in [0.3, 0.4) is 0 Å². The van der Waals surface area contributed by atoms with E-state index in [0.717, 1.165) is 0 Å². The minimum Gasteiger partial charge on any atom is -0.497 e. The number of hydrogen-bond acceptors (Lipinski definition) is 4. The van der Waals surface area contributed by atoms with Crippen molar-refractivity contribution < 1.29 is 13.2 Å². The van der Waals surface area contributed by atoms with Gasteiger partial charge in [0.1, 0.15) is 5.75 Å². The molecule has 1 unspecified atom stereocenters. The Bertz CT molecular complexity index is 515. The molecule has 100 valence electrons. The van der Waals surface area contributed by atoms with Crippen molar-refractivity contribution >= 4 is 15.9 Å². The van der Waals surface area contributed by atoms with Crippen LogP contribution in [0.2, 0.25) is 0 Å². The average Bonchev–Trinajstić information content (AvgIpc) is 2.61. The SMILES string of the molecule is COc1ccc(N2CC(CN)N(C)S2(=O)=O)cc1. The Morgan fingerprint density at radius 2 is 2.00 bits per heavy atom. The summed E-state index contributed by atoms with van der Waals surface area (Å²) in [7, 11) is -0.333. The monoisotopic (exact) mass is 271 g/mol. The lowest BCUT2D eigenvalue weighted by Gasteiger charge is -2.18. The molecule has 2 N–H and O–H groups in total. The second kappa shape index (κ2) is 4.75. The van der Waals surface area contributed by atoms with Gasteiger partial charge in [-0.25, -0.2) is 0 Å². The highest BCUT2D eigenvalue weighted by Gasteiger charge is 2.40. The number of benzene rings is 1. The third-order valence-corrected chi connectivity index (χ3v) is 5.11. The minimum absolute atomic E-state index is 0.183. The number of nitrogens with zero attached hydrogens (tertiary/aromatic N) is 2. The summed E-state index contributed by atoms with van der Waals surface area (Å²) in [5.41, 5.74) is 6.20. The van der Waals surface area contributed by atoms with Crippen LogP contribution < -0.4 is 14.8 Å². The molecule has 1 atom stereocenters. The Balaban J connectivity index is 2.33. The summed E-state index contributed by atoms with van der Waals surface area (Å²) in [5, 5.41) is 0. The molecule has 0 amide bonds. The second-order valence-corrected chi connectivity index (χ2v) is 6.06. The molecule has 1 aliphatic heterocycles. The van der Waals surface area contributed by atoms with Gasteiger partial charge in [-0.3, -0.25) is 4.31 Å². The standard InChI is InChI=1S/C11H17N3O3S/c1-13-10(7-12)8-14(18(13,15)16)9-3-5-11(17-2)6-4-9/h3-6,10H,7-8,12H2,1-2H3. The van der Waals surface area contributed by atoms with Crippen molar-refractivity contribution in [3.8, 4) is 5.75 Å². The van der Waals surface area contributed by atoms with E-state index < -0.39 is 10.2 Å². The molecule has 1 aromatic rings. The van der Waals surface area contributed by atoms with Gasteiger partial charge in [-0.1, -0.05) is 0 Å². The van der Waals surface area contributed by atoms with Crippen molar-refractivity contribution in [3.63, 3.8) is 0 Å². The first kappa shape index (κ1) is 13.1. The van der Waals surface area contributed by atoms with E-state index in [1.54, 1.807) is 38.4 Å². The smallest absolute Gasteiger partial charge is 0.304 e. The van der Waals surface area contributed by atoms with E-state index in [4.69, 9.17) is 10.5 Å². The number of nitrogens with two attached hydrogens (primary N) is 1. The number of likely N-dealkylation sites (N-methyl/N-ethyl adjacent to an activating group) is 1. The predicted molar refractivity (Wildman–Crippen MR) is 69.9 cm³/mol. The summed E-state index contributed by atoms with van der Waals surface area (Å²) >= 11 is 0. The van der Waals surface area contributed by atoms with Crippen molar-refractivity contribution in [1.82, 2.24) is 4.31 Å². The largest absolute Gasteiger partial charge is 0.497 e. The Morgan fingerprint density at radius 1 is 1.39 bits per heavy atom. The predicted octanol–water partition coefficient (Wildman–Crippen LogP) is 0.0191. The summed E-state index contributed by atoms with van der Waals surface area (Å²) in [6.45, 7) is 0.685. The highest BCUT2D eigenvalue weighted by molar-refractivity contribution is 7.90. The van der Waals surface area contributed by atoms with Gasteiger partial charge in [0.25, 0.3) is 0 Å². The van der Waals surface area contributed by atoms with E-state index >= 15 is 0 Å². The highest BCUT2D eigenvalue weighted by Crippen LogP contribution is 2.28. The zero-order chi connectivity index (χ0) is 13.3. The van der Waals surface area contributed by atoms with Crippen LogP contribution in [-0.2, 0) is 10.2 Å². The van der Waals surface area contributed by atoms with Crippen LogP contribution in [0.4, 0.5) is 5.69 Å². The molecule has 0 saturated carbocycles. The maximum absolute atomic E-state index is 12.2. The molecule has 1 fully saturated rings. The summed E-state index contributed by atoms with van der Waals surface area (Å²) in [5.74, 6) is 0.694. The van der Waals surface area contributed by atoms with Crippen LogP contribution in [0.25, 0.3) is 0 Å². The molecule has 1 aliphatic rings. The zero-order valence-electron chi connectivity index (χ0n) is 10.4. The number of ether oxygens (including phenoxy) is 1. The maximum atomic E-state index is 12.2. The van der Waals surface area contributed by atoms with E-state index in [9.17, 15) is 8.42 Å². The molecule has 0 bridgehead atoms. The fourth-order valence-electron chi connectivity index (χ4n) is 1.95. The molecule has 2 rings (SSSR count). The van der Waals surface area contributed by atoms with E-state index in [1.165, 1.54) is 8.61 Å². The van der Waals surface area contributed by atoms with Crippen LogP contribution in [0.15, 0.2) is 24.3 Å². The van der Waals surface area contributed by atoms with E-state index in [2.05, 4.69) is 0 Å². The highest BCUT2D eigenvalue weighted by atomic mass is 32.2. The van der Waals surface area contributed by atoms with Crippen molar-refractivity contribution in [3.05, 3.63) is 24.3 Å². The third-order valence-electron chi connectivity index (χ3n) is 3.17. The lowest BCUT2D eigenvalue weighted by Crippen LogP contribution is -2.36. The molecule has 7 heteroatoms. The molecular weight excluding hydrogens is 254 g/mol. The van der Waals surface area contributed by atoms with Gasteiger partial charge in [-0.2, -0.15) is 12.7 Å². The van der Waals surface area contributed by atoms with Crippen LogP contribution in [0.1, 0.15) is 0 Å². The summed E-state index contributed by atoms with van der Waals surface area (Å²) in [6.07, 6.45) is 0. The quantitative estimate of drug-likeness (QED) is 0.841. The topological polar surface area (TPSA) is 75.9 Å². The lowest BCUT2D eigenvalue weighted by molar-refractivity contribution is 0.415. The van der Waals surface area contributed by atoms with Crippen molar-refractivity contribution in [2.45, 2.75) is 6.04 Å². The Hall–Kier alpha value is -1.31. The normalized spacial score (nSPS) is 23.3. The van der Waals surface area contributed by atoms with Gasteiger partial charge >= 0.3 is 10.2 Å². The van der Waals surface area contributed by atoms with Gasteiger partial charge in [-0.05, 0) is 24.3 Å². The summed E-state index contributed by atoms with van der Waals surface area (Å²) in [6, 6.07) is 6.74. The molecule has 18 heavy (non-hydrogen) atoms. The number of rotatable bonds is 3. The second-order valence-electron chi connectivity index (χ2n) is 4.14. The fraction of sp³-hybridized carbons (Fsp3) is 0.455. The number of anilines is 1. The lowest BCUT2D eigenvalue weighted by atomic mass is 10.2. The van der Waals surface area contributed by atoms with E-state index in [1.807, 2.05) is 0 Å². The Kier molecular flexibility index (Phi) is 3.47. The van der Waals surface area contributed by atoms with Crippen LogP contribution >= 0.6 is 0 Å². The number of hydrogen-bond donors (Lipinski definition) is 1. The molecule has 1 aromatic carbocycles. The third kappa shape index (κ3) is 2.05. The molecule has 1 heterocycles. The minimum atomic E-state index is -3.45. The summed E-state index contributed by atoms with van der Waals surface area (Å²) in [4.78, 5) is 0. The van der Waals surface area contributed by atoms with Gasteiger partial charge in [0.2, 0.25) is 0 Å². The van der Waals surface area contributed by atoms with Crippen LogP contribution in [0, 0.1) is 0 Å². The van der Waals surface area contributed by atoms with E-state index in [0.29, 0.717) is 24.5 Å². The van der Waals surface area contributed by atoms with Crippen molar-refractivity contribution in [2.75, 3.05) is 31.6 Å². The molecule has 0 radical (unpaired) electrons. The van der Waals surface area contributed by atoms with Gasteiger partial charge in [0.05, 0.1) is 25.4 Å². The Morgan fingerprint density at radius 3 is 2.44 bits per heavy atom. The van der Waals surface area contributed by atoms with Gasteiger partial charge in [0.15, 0.2) is 0 Å². The van der Waals surface area contributed by atoms with E-state index in [-0.39, 0.29) is 6.04 Å². The fourth-order valence-corrected chi connectivity index (χ4v) is 3.54. The first-order valence-corrected chi connectivity index (χ1v) is 7.00. The number of methoxy groups -OCH3 is 1. The Labute approximate surface area is 107 Å². The molecule has 6 nitrogen and oxygen atoms in total. The first-order valence-electron chi connectivity index (χ1n) is 5.60. The van der Waals surface area contributed by atoms with Crippen molar-refractivity contribution in [2.24, 2.45) is 5.73 Å². The molecule has 0 aromatic heterocycles. The van der Waals surface area contributed by atoms with Crippen molar-refractivity contribution in [1.29, 1.82) is 0 Å². The zero-order valence-corrected chi connectivity index (χ0v) is 11.2. The maximum Gasteiger partial charge on any atom is 0.304 e. The average molecular weight is 271 g/mol. The molecular formula is C11H17N3O3S. The molecule has 1 saturated heterocycles. The molecule has 0 aliphatic carbocycles. The van der Waals surface area contributed by atoms with Gasteiger partial charge < -0.3 is 10.5 Å². The van der Waals surface area contributed by atoms with Crippen LogP contribution in [0.5, 0.6) is 5.75 Å². The van der Waals surface area contributed by atoms with Crippen LogP contribution in [-0.4, -0.2) is 46.0 Å². The molecule has 0 spiro atoms. The summed E-state index contributed by atoms with van der Waals surface area (Å²) < 4.78 is 32.1.